The molecular formula is C12H19N3O2S. The largest absolute Gasteiger partial charge is 0.352 e. The fraction of sp³-hybridized carbons (Fsp3) is 0.667. The second kappa shape index (κ2) is 6.70. The van der Waals surface area contributed by atoms with Crippen molar-refractivity contribution in [2.45, 2.75) is 44.7 Å². The van der Waals surface area contributed by atoms with Crippen molar-refractivity contribution >= 4 is 17.2 Å². The third-order valence-electron chi connectivity index (χ3n) is 3.14. The molecular weight excluding hydrogens is 250 g/mol. The van der Waals surface area contributed by atoms with Crippen LogP contribution in [0.15, 0.2) is 10.2 Å². The molecule has 0 radical (unpaired) electrons. The van der Waals surface area contributed by atoms with E-state index in [2.05, 4.69) is 15.6 Å². The number of aromatic amines is 1. The van der Waals surface area contributed by atoms with Crippen LogP contribution >= 0.6 is 11.3 Å². The van der Waals surface area contributed by atoms with Gasteiger partial charge in [0.05, 0.1) is 6.54 Å². The maximum atomic E-state index is 11.7. The Morgan fingerprint density at radius 1 is 1.39 bits per heavy atom. The highest BCUT2D eigenvalue weighted by Crippen LogP contribution is 2.17. The number of amides is 1. The molecule has 0 unspecified atom stereocenters. The highest BCUT2D eigenvalue weighted by Gasteiger charge is 2.15. The Balaban J connectivity index is 1.63. The van der Waals surface area contributed by atoms with Crippen LogP contribution in [0.3, 0.4) is 0 Å². The quantitative estimate of drug-likeness (QED) is 0.746. The highest BCUT2D eigenvalue weighted by atomic mass is 32.1. The summed E-state index contributed by atoms with van der Waals surface area (Å²) in [5, 5.41) is 7.84. The number of thiazole rings is 1. The Hall–Kier alpha value is -1.14. The Morgan fingerprint density at radius 3 is 2.83 bits per heavy atom. The van der Waals surface area contributed by atoms with Gasteiger partial charge in [-0.3, -0.25) is 9.59 Å². The van der Waals surface area contributed by atoms with Gasteiger partial charge in [-0.25, -0.2) is 0 Å². The van der Waals surface area contributed by atoms with Gasteiger partial charge in [0, 0.05) is 23.7 Å². The summed E-state index contributed by atoms with van der Waals surface area (Å²) in [6.45, 7) is 0.825. The molecule has 1 fully saturated rings. The van der Waals surface area contributed by atoms with E-state index in [1.165, 1.54) is 19.3 Å². The molecule has 6 heteroatoms. The smallest absolute Gasteiger partial charge is 0.304 e. The van der Waals surface area contributed by atoms with Gasteiger partial charge in [-0.2, -0.15) is 0 Å². The minimum atomic E-state index is -0.0570. The van der Waals surface area contributed by atoms with E-state index in [0.717, 1.165) is 29.9 Å². The number of aromatic nitrogens is 1. The lowest BCUT2D eigenvalue weighted by atomic mass is 9.95. The van der Waals surface area contributed by atoms with Crippen LogP contribution in [0.2, 0.25) is 0 Å². The predicted octanol–water partition coefficient (Wildman–Crippen LogP) is 0.975. The van der Waals surface area contributed by atoms with E-state index >= 15 is 0 Å². The Morgan fingerprint density at radius 2 is 2.17 bits per heavy atom. The zero-order valence-electron chi connectivity index (χ0n) is 10.3. The minimum Gasteiger partial charge on any atom is -0.352 e. The molecule has 3 N–H and O–H groups in total. The first-order valence-corrected chi connectivity index (χ1v) is 7.29. The van der Waals surface area contributed by atoms with Crippen LogP contribution in [0.1, 0.15) is 37.8 Å². The second-order valence-electron chi connectivity index (χ2n) is 4.68. The summed E-state index contributed by atoms with van der Waals surface area (Å²) in [7, 11) is 0. The number of hydrogen-bond donors (Lipinski definition) is 3. The van der Waals surface area contributed by atoms with Gasteiger partial charge in [-0.05, 0) is 12.8 Å². The molecule has 1 saturated carbocycles. The Bertz CT molecular complexity index is 435. The van der Waals surface area contributed by atoms with Crippen molar-refractivity contribution < 1.29 is 4.79 Å². The van der Waals surface area contributed by atoms with Gasteiger partial charge in [-0.1, -0.05) is 30.6 Å². The van der Waals surface area contributed by atoms with E-state index in [1.807, 2.05) is 0 Å². The zero-order chi connectivity index (χ0) is 12.8. The maximum absolute atomic E-state index is 11.7. The van der Waals surface area contributed by atoms with E-state index in [0.29, 0.717) is 19.1 Å². The molecule has 5 nitrogen and oxygen atoms in total. The van der Waals surface area contributed by atoms with Crippen LogP contribution in [0.4, 0.5) is 0 Å². The average molecular weight is 269 g/mol. The van der Waals surface area contributed by atoms with Crippen molar-refractivity contribution in [3.05, 3.63) is 20.7 Å². The summed E-state index contributed by atoms with van der Waals surface area (Å²) in [5.41, 5.74) is 0.829. The molecule has 0 aromatic carbocycles. The van der Waals surface area contributed by atoms with E-state index in [9.17, 15) is 9.59 Å². The lowest BCUT2D eigenvalue weighted by Crippen LogP contribution is -2.41. The van der Waals surface area contributed by atoms with Crippen LogP contribution in [0.5, 0.6) is 0 Å². The van der Waals surface area contributed by atoms with Crippen LogP contribution in [-0.4, -0.2) is 23.5 Å². The molecule has 0 saturated heterocycles. The number of rotatable bonds is 5. The van der Waals surface area contributed by atoms with Crippen LogP contribution < -0.4 is 15.5 Å². The molecule has 0 spiro atoms. The fourth-order valence-electron chi connectivity index (χ4n) is 2.24. The van der Waals surface area contributed by atoms with Crippen LogP contribution in [-0.2, 0) is 11.3 Å². The fourth-order valence-corrected chi connectivity index (χ4v) is 2.82. The Labute approximate surface area is 110 Å². The number of hydrogen-bond acceptors (Lipinski definition) is 4. The summed E-state index contributed by atoms with van der Waals surface area (Å²) < 4.78 is 0. The van der Waals surface area contributed by atoms with E-state index in [1.54, 1.807) is 5.38 Å². The van der Waals surface area contributed by atoms with Gasteiger partial charge in [0.15, 0.2) is 0 Å². The minimum absolute atomic E-state index is 0.0412. The highest BCUT2D eigenvalue weighted by molar-refractivity contribution is 7.07. The summed E-state index contributed by atoms with van der Waals surface area (Å²) in [6.07, 6.45) is 5.92. The molecule has 1 amide bonds. The first kappa shape index (κ1) is 13.3. The topological polar surface area (TPSA) is 74.0 Å². The van der Waals surface area contributed by atoms with Gasteiger partial charge in [-0.15, -0.1) is 0 Å². The van der Waals surface area contributed by atoms with Gasteiger partial charge in [0.1, 0.15) is 0 Å². The van der Waals surface area contributed by atoms with Gasteiger partial charge in [0.2, 0.25) is 5.91 Å². The van der Waals surface area contributed by atoms with Gasteiger partial charge in [0.25, 0.3) is 0 Å². The number of carbonyl (C=O) groups excluding carboxylic acids is 1. The molecule has 1 aliphatic rings. The van der Waals surface area contributed by atoms with Crippen molar-refractivity contribution in [2.75, 3.05) is 6.54 Å². The Kier molecular flexibility index (Phi) is 4.95. The van der Waals surface area contributed by atoms with Crippen molar-refractivity contribution in [1.29, 1.82) is 0 Å². The normalized spacial score (nSPS) is 16.7. The SMILES string of the molecule is O=C(CNCc1csc(=O)[nH]1)NC1CCCCC1. The summed E-state index contributed by atoms with van der Waals surface area (Å²) in [6, 6.07) is 0.356. The molecule has 1 heterocycles. The zero-order valence-corrected chi connectivity index (χ0v) is 11.1. The van der Waals surface area contributed by atoms with Crippen molar-refractivity contribution in [3.63, 3.8) is 0 Å². The summed E-state index contributed by atoms with van der Waals surface area (Å²) in [4.78, 5) is 25.2. The van der Waals surface area contributed by atoms with Crippen molar-refractivity contribution in [3.8, 4) is 0 Å². The third kappa shape index (κ3) is 4.27. The van der Waals surface area contributed by atoms with Crippen LogP contribution in [0.25, 0.3) is 0 Å². The van der Waals surface area contributed by atoms with E-state index in [4.69, 9.17) is 0 Å². The molecule has 1 aromatic heterocycles. The summed E-state index contributed by atoms with van der Waals surface area (Å²) in [5.74, 6) is 0.0412. The second-order valence-corrected chi connectivity index (χ2v) is 5.52. The van der Waals surface area contributed by atoms with Crippen molar-refractivity contribution in [1.82, 2.24) is 15.6 Å². The number of nitrogens with one attached hydrogen (secondary N) is 3. The van der Waals surface area contributed by atoms with E-state index < -0.39 is 0 Å². The average Bonchev–Trinajstić information content (AvgIpc) is 2.76. The lowest BCUT2D eigenvalue weighted by molar-refractivity contribution is -0.121. The monoisotopic (exact) mass is 269 g/mol. The molecule has 18 heavy (non-hydrogen) atoms. The first-order valence-electron chi connectivity index (χ1n) is 6.41. The molecule has 0 atom stereocenters. The van der Waals surface area contributed by atoms with Gasteiger partial charge < -0.3 is 15.6 Å². The standard InChI is InChI=1S/C12H19N3O2S/c16-11(14-9-4-2-1-3-5-9)7-13-6-10-8-18-12(17)15-10/h8-9,13H,1-7H2,(H,14,16)(H,15,17). The van der Waals surface area contributed by atoms with Crippen molar-refractivity contribution in [2.24, 2.45) is 0 Å². The number of H-pyrrole nitrogens is 1. The third-order valence-corrected chi connectivity index (χ3v) is 3.86. The molecule has 1 aromatic rings. The van der Waals surface area contributed by atoms with Gasteiger partial charge >= 0.3 is 4.87 Å². The molecule has 1 aliphatic carbocycles. The lowest BCUT2D eigenvalue weighted by Gasteiger charge is -2.22. The molecule has 0 aliphatic heterocycles. The number of carbonyl (C=O) groups is 1. The molecule has 100 valence electrons. The van der Waals surface area contributed by atoms with Crippen LogP contribution in [0, 0.1) is 0 Å². The molecule has 0 bridgehead atoms. The molecule has 2 rings (SSSR count). The first-order chi connectivity index (χ1) is 8.74. The summed E-state index contributed by atoms with van der Waals surface area (Å²) >= 11 is 1.14. The predicted molar refractivity (Wildman–Crippen MR) is 71.7 cm³/mol. The van der Waals surface area contributed by atoms with E-state index in [-0.39, 0.29) is 10.8 Å². The maximum Gasteiger partial charge on any atom is 0.304 e.